The average Bonchev–Trinajstić information content (AvgIpc) is 1.93. The third-order valence-corrected chi connectivity index (χ3v) is 17.1. The van der Waals surface area contributed by atoms with Gasteiger partial charge in [-0.05, 0) is 148 Å². The molecular weight excluding hydrogens is 1170 g/mol. The lowest BCUT2D eigenvalue weighted by molar-refractivity contribution is -0.140. The van der Waals surface area contributed by atoms with Crippen LogP contribution in [0.4, 0.5) is 0 Å². The quantitative estimate of drug-likeness (QED) is 0.0444. The Bertz CT molecular complexity index is 3520. The maximum absolute atomic E-state index is 13.4. The molecule has 1 saturated heterocycles. The van der Waals surface area contributed by atoms with Crippen molar-refractivity contribution < 1.29 is 72.3 Å². The molecule has 0 bridgehead atoms. The summed E-state index contributed by atoms with van der Waals surface area (Å²) < 4.78 is 56.3. The minimum Gasteiger partial charge on any atom is -0.482 e. The van der Waals surface area contributed by atoms with Crippen molar-refractivity contribution in [3.05, 3.63) is 157 Å². The van der Waals surface area contributed by atoms with E-state index < -0.39 is 59.8 Å². The van der Waals surface area contributed by atoms with Crippen LogP contribution in [0.5, 0.6) is 17.2 Å². The highest BCUT2D eigenvalue weighted by molar-refractivity contribution is 7.65. The minimum atomic E-state index is -3.93. The van der Waals surface area contributed by atoms with Crippen molar-refractivity contribution in [1.82, 2.24) is 29.7 Å². The van der Waals surface area contributed by atoms with Gasteiger partial charge >= 0.3 is 17.9 Å². The molecule has 3 atom stereocenters. The Balaban J connectivity index is 1.25. The molecule has 1 aliphatic heterocycles. The lowest BCUT2D eigenvalue weighted by Crippen LogP contribution is -2.36. The monoisotopic (exact) mass is 1240 g/mol. The van der Waals surface area contributed by atoms with E-state index in [0.29, 0.717) is 107 Å². The van der Waals surface area contributed by atoms with Crippen molar-refractivity contribution in [1.29, 1.82) is 0 Å². The second-order valence-corrected chi connectivity index (χ2v) is 28.3. The Morgan fingerprint density at radius 1 is 0.402 bits per heavy atom. The fraction of sp³-hybridized carbons (Fsp3) is 0.333. The number of aliphatic carboxylic acids is 3. The molecule has 0 aliphatic carbocycles. The second kappa shape index (κ2) is 28.7. The molecule has 3 aromatic heterocycles. The number of nitrogens with zero attached hydrogens (tertiary/aromatic N) is 6. The van der Waals surface area contributed by atoms with E-state index >= 15 is 0 Å². The number of rotatable bonds is 18. The lowest BCUT2D eigenvalue weighted by atomic mass is 10.0. The molecule has 6 aromatic rings. The predicted octanol–water partition coefficient (Wildman–Crippen LogP) is 5.71. The molecule has 87 heavy (non-hydrogen) atoms. The van der Waals surface area contributed by atoms with E-state index in [1.165, 1.54) is 38.2 Å². The highest BCUT2D eigenvalue weighted by atomic mass is 31.2. The largest absolute Gasteiger partial charge is 0.482 e. The van der Waals surface area contributed by atoms with Crippen LogP contribution in [0.2, 0.25) is 0 Å². The van der Waals surface area contributed by atoms with Crippen molar-refractivity contribution in [3.63, 3.8) is 0 Å². The number of aromatic nitrogens is 3. The Labute approximate surface area is 505 Å². The Morgan fingerprint density at radius 2 is 0.621 bits per heavy atom. The van der Waals surface area contributed by atoms with Gasteiger partial charge in [0.15, 0.2) is 19.8 Å². The van der Waals surface area contributed by atoms with Crippen molar-refractivity contribution in [3.8, 4) is 52.8 Å². The number of carbonyl (C=O) groups is 3. The summed E-state index contributed by atoms with van der Waals surface area (Å²) in [5.41, 5.74) is 9.05. The molecule has 7 rings (SSSR count). The van der Waals surface area contributed by atoms with E-state index in [1.54, 1.807) is 54.6 Å². The van der Waals surface area contributed by atoms with Crippen LogP contribution in [-0.2, 0) is 47.7 Å². The molecule has 3 aromatic carbocycles. The fourth-order valence-corrected chi connectivity index (χ4v) is 11.7. The third-order valence-electron chi connectivity index (χ3n) is 13.8. The normalized spacial score (nSPS) is 15.2. The Hall–Kier alpha value is -7.95. The van der Waals surface area contributed by atoms with Gasteiger partial charge in [-0.15, -0.1) is 0 Å². The number of ether oxygens (including phenoxy) is 3. The Morgan fingerprint density at radius 3 is 0.816 bits per heavy atom. The third kappa shape index (κ3) is 19.8. The van der Waals surface area contributed by atoms with E-state index in [1.807, 2.05) is 41.5 Å². The standard InChI is InChI=1S/C63H69N6O15P3/c1-40-22-52(82-37-61(70)71)23-41(2)55(40)13-10-46-28-49(64-58(31-46)85(7,76)77)34-67-16-18-68(35-50-29-47(32-59(65-50)86(8,78)79)11-14-56-42(3)24-53(25-43(56)4)83-38-62(72)73)20-21-69(19-17-67)36-51-30-48(33-60(66-51)87(9,80)81)12-15-57-44(5)26-54(27-45(57)6)84-39-63(74)75/h22-33H,16-21,34-39H2,1-9H3,(H,70,71)(H,72,73)(H,74,75)(H,76,77)(H,78,79)(H,80,81). The highest BCUT2D eigenvalue weighted by Crippen LogP contribution is 2.36. The van der Waals surface area contributed by atoms with Gasteiger partial charge in [-0.25, -0.2) is 29.3 Å². The Kier molecular flexibility index (Phi) is 22.0. The first-order valence-electron chi connectivity index (χ1n) is 27.4. The van der Waals surface area contributed by atoms with Crippen molar-refractivity contribution in [2.24, 2.45) is 0 Å². The number of hydrogen-bond donors (Lipinski definition) is 6. The number of hydrogen-bond acceptors (Lipinski definition) is 15. The van der Waals surface area contributed by atoms with Crippen LogP contribution >= 0.6 is 22.1 Å². The summed E-state index contributed by atoms with van der Waals surface area (Å²) in [7, 11) is -11.8. The SMILES string of the molecule is Cc1cc(OCC(=O)O)cc(C)c1C#Cc1cc(CN2CCN(Cc3cc(C#Cc4c(C)cc(OCC(=O)O)cc4C)cc(P(C)(=O)O)n3)CCN(Cc3cc(C#Cc4c(C)cc(OCC(=O)O)cc4C)cc(P(C)(=O)O)n3)CC2)nc(P(C)(=O)O)c1. The van der Waals surface area contributed by atoms with Crippen LogP contribution < -0.4 is 30.5 Å². The first kappa shape index (κ1) is 66.6. The smallest absolute Gasteiger partial charge is 0.341 e. The van der Waals surface area contributed by atoms with Gasteiger partial charge in [-0.3, -0.25) is 28.4 Å². The highest BCUT2D eigenvalue weighted by Gasteiger charge is 2.25. The van der Waals surface area contributed by atoms with Gasteiger partial charge in [0.25, 0.3) is 0 Å². The van der Waals surface area contributed by atoms with Crippen LogP contribution in [-0.4, -0.2) is 157 Å². The molecule has 456 valence electrons. The van der Waals surface area contributed by atoms with Gasteiger partial charge in [0, 0.05) is 112 Å². The van der Waals surface area contributed by atoms with Crippen LogP contribution in [0.3, 0.4) is 0 Å². The zero-order valence-electron chi connectivity index (χ0n) is 49.8. The van der Waals surface area contributed by atoms with Crippen LogP contribution in [0.1, 0.15) is 83.8 Å². The van der Waals surface area contributed by atoms with Crippen LogP contribution in [0, 0.1) is 77.1 Å². The lowest BCUT2D eigenvalue weighted by Gasteiger charge is -2.26. The van der Waals surface area contributed by atoms with Gasteiger partial charge in [0.1, 0.15) is 33.6 Å². The van der Waals surface area contributed by atoms with Crippen molar-refractivity contribution in [2.75, 3.05) is 79.1 Å². The summed E-state index contributed by atoms with van der Waals surface area (Å²) in [6.45, 7) is 16.4. The number of carboxylic acid groups (broad SMARTS) is 3. The molecule has 1 aliphatic rings. The van der Waals surface area contributed by atoms with Gasteiger partial charge in [0.2, 0.25) is 22.1 Å². The second-order valence-electron chi connectivity index (χ2n) is 21.7. The molecule has 24 heteroatoms. The van der Waals surface area contributed by atoms with Gasteiger partial charge in [-0.1, -0.05) is 35.5 Å². The molecular formula is C63H69N6O15P3. The maximum Gasteiger partial charge on any atom is 0.341 e. The average molecular weight is 1240 g/mol. The summed E-state index contributed by atoms with van der Waals surface area (Å²) >= 11 is 0. The molecule has 0 saturated carbocycles. The van der Waals surface area contributed by atoms with Gasteiger partial charge in [-0.2, -0.15) is 0 Å². The van der Waals surface area contributed by atoms with E-state index in [9.17, 15) is 42.8 Å². The van der Waals surface area contributed by atoms with Gasteiger partial charge in [0.05, 0.1) is 17.1 Å². The molecule has 6 N–H and O–H groups in total. The van der Waals surface area contributed by atoms with Crippen LogP contribution in [0.15, 0.2) is 72.8 Å². The number of aryl methyl sites for hydroxylation is 6. The van der Waals surface area contributed by atoms with E-state index in [0.717, 1.165) is 33.4 Å². The minimum absolute atomic E-state index is 0.0363. The van der Waals surface area contributed by atoms with E-state index in [2.05, 4.69) is 50.2 Å². The molecule has 3 unspecified atom stereocenters. The van der Waals surface area contributed by atoms with Crippen molar-refractivity contribution >= 4 is 56.3 Å². The number of carboxylic acids is 3. The molecule has 4 heterocycles. The molecule has 0 amide bonds. The first-order chi connectivity index (χ1) is 40.8. The topological polar surface area (TPSA) is 300 Å². The first-order valence-corrected chi connectivity index (χ1v) is 33.7. The fourth-order valence-electron chi connectivity index (χ4n) is 9.61. The number of pyridine rings is 3. The summed E-state index contributed by atoms with van der Waals surface area (Å²) in [6.07, 6.45) is 0. The zero-order valence-corrected chi connectivity index (χ0v) is 52.5. The predicted molar refractivity (Wildman–Crippen MR) is 330 cm³/mol. The summed E-state index contributed by atoms with van der Waals surface area (Å²) in [4.78, 5) is 86.8. The molecule has 1 fully saturated rings. The molecule has 21 nitrogen and oxygen atoms in total. The van der Waals surface area contributed by atoms with Crippen LogP contribution in [0.25, 0.3) is 0 Å². The summed E-state index contributed by atoms with van der Waals surface area (Å²) in [5, 5.41) is 27.4. The molecule has 0 spiro atoms. The number of benzene rings is 3. The zero-order chi connectivity index (χ0) is 63.5. The van der Waals surface area contributed by atoms with Crippen molar-refractivity contribution in [2.45, 2.75) is 61.2 Å². The molecule has 0 radical (unpaired) electrons. The summed E-state index contributed by atoms with van der Waals surface area (Å²) in [6, 6.07) is 20.0. The van der Waals surface area contributed by atoms with E-state index in [4.69, 9.17) is 44.5 Å². The van der Waals surface area contributed by atoms with E-state index in [-0.39, 0.29) is 35.9 Å². The summed E-state index contributed by atoms with van der Waals surface area (Å²) in [5.74, 6) is 16.9. The maximum atomic E-state index is 13.4. The van der Waals surface area contributed by atoms with Gasteiger partial charge < -0.3 is 44.2 Å².